The number of hydrogen-bond donors (Lipinski definition) is 1. The average Bonchev–Trinajstić information content (AvgIpc) is 3.17. The quantitative estimate of drug-likeness (QED) is 0.640. The second-order valence-electron chi connectivity index (χ2n) is 6.70. The fourth-order valence-electron chi connectivity index (χ4n) is 2.80. The van der Waals surface area contributed by atoms with Crippen molar-refractivity contribution in [2.24, 2.45) is 0 Å². The Balaban J connectivity index is 1.65. The van der Waals surface area contributed by atoms with Crippen molar-refractivity contribution in [3.05, 3.63) is 72.6 Å². The molecule has 1 unspecified atom stereocenters. The van der Waals surface area contributed by atoms with E-state index in [4.69, 9.17) is 4.74 Å². The number of ether oxygens (including phenoxy) is 1. The maximum absolute atomic E-state index is 12.8. The number of likely N-dealkylation sites (N-methyl/N-ethyl adjacent to an activating group) is 1. The number of benzene rings is 2. The smallest absolute Gasteiger partial charge is 0.241 e. The van der Waals surface area contributed by atoms with Crippen LogP contribution in [0.3, 0.4) is 0 Å². The fourth-order valence-corrected chi connectivity index (χ4v) is 2.80. The molecule has 0 fully saturated rings. The van der Waals surface area contributed by atoms with Crippen LogP contribution in [0.15, 0.2) is 67.0 Å². The first kappa shape index (κ1) is 19.6. The number of carbonyl (C=O) groups is 1. The molecule has 1 N–H and O–H groups in total. The first-order valence-electron chi connectivity index (χ1n) is 9.41. The average molecular weight is 378 g/mol. The van der Waals surface area contributed by atoms with E-state index >= 15 is 0 Å². The summed E-state index contributed by atoms with van der Waals surface area (Å²) in [5, 5.41) is 7.27. The molecule has 146 valence electrons. The Hall–Kier alpha value is -3.12. The number of anilines is 1. The number of nitrogens with zero attached hydrogens (tertiary/aromatic N) is 3. The number of aromatic nitrogens is 2. The Morgan fingerprint density at radius 1 is 1.18 bits per heavy atom. The molecule has 1 amide bonds. The van der Waals surface area contributed by atoms with E-state index in [-0.39, 0.29) is 11.9 Å². The zero-order valence-corrected chi connectivity index (χ0v) is 16.5. The second kappa shape index (κ2) is 9.19. The molecule has 2 aromatic carbocycles. The van der Waals surface area contributed by atoms with Crippen LogP contribution >= 0.6 is 0 Å². The zero-order valence-electron chi connectivity index (χ0n) is 16.5. The van der Waals surface area contributed by atoms with Crippen LogP contribution in [-0.4, -0.2) is 33.7 Å². The van der Waals surface area contributed by atoms with Gasteiger partial charge in [0.2, 0.25) is 5.91 Å². The van der Waals surface area contributed by atoms with Crippen molar-refractivity contribution >= 4 is 11.6 Å². The largest absolute Gasteiger partial charge is 0.455 e. The lowest BCUT2D eigenvalue weighted by Gasteiger charge is -2.23. The summed E-state index contributed by atoms with van der Waals surface area (Å²) in [4.78, 5) is 14.8. The molecular formula is C22H26N4O2. The van der Waals surface area contributed by atoms with Gasteiger partial charge in [0.05, 0.1) is 17.9 Å². The molecule has 3 aromatic rings. The van der Waals surface area contributed by atoms with Crippen molar-refractivity contribution in [3.8, 4) is 11.5 Å². The highest BCUT2D eigenvalue weighted by Crippen LogP contribution is 2.29. The maximum Gasteiger partial charge on any atom is 0.241 e. The lowest BCUT2D eigenvalue weighted by molar-refractivity contribution is -0.120. The van der Waals surface area contributed by atoms with Gasteiger partial charge in [0.15, 0.2) is 5.75 Å². The van der Waals surface area contributed by atoms with Crippen LogP contribution in [0.25, 0.3) is 0 Å². The van der Waals surface area contributed by atoms with E-state index in [1.54, 1.807) is 0 Å². The topological polar surface area (TPSA) is 59.4 Å². The monoisotopic (exact) mass is 378 g/mol. The van der Waals surface area contributed by atoms with E-state index in [0.717, 1.165) is 17.9 Å². The van der Waals surface area contributed by atoms with Gasteiger partial charge in [-0.3, -0.25) is 14.4 Å². The molecule has 0 aliphatic carbocycles. The molecule has 0 bridgehead atoms. The van der Waals surface area contributed by atoms with Crippen LogP contribution < -0.4 is 10.1 Å². The van der Waals surface area contributed by atoms with Crippen LogP contribution in [0.5, 0.6) is 11.5 Å². The summed E-state index contributed by atoms with van der Waals surface area (Å²) in [6, 6.07) is 16.6. The number of carbonyl (C=O) groups excluding carboxylic acids is 1. The molecule has 1 aromatic heterocycles. The Morgan fingerprint density at radius 2 is 1.89 bits per heavy atom. The van der Waals surface area contributed by atoms with Crippen LogP contribution in [0.1, 0.15) is 19.4 Å². The molecule has 1 atom stereocenters. The lowest BCUT2D eigenvalue weighted by atomic mass is 10.2. The standard InChI is InChI=1S/C22H26N4O2/c1-4-26-16-18(14-23-26)15-25(3)17(2)22(27)24-20-12-8-9-13-21(20)28-19-10-6-5-7-11-19/h5-14,16-17H,4,15H2,1-3H3,(H,24,27). The van der Waals surface area contributed by atoms with Gasteiger partial charge in [-0.2, -0.15) is 5.10 Å². The van der Waals surface area contributed by atoms with E-state index in [0.29, 0.717) is 18.0 Å². The summed E-state index contributed by atoms with van der Waals surface area (Å²) in [6.07, 6.45) is 3.84. The fraction of sp³-hybridized carbons (Fsp3) is 0.273. The number of aryl methyl sites for hydroxylation is 1. The summed E-state index contributed by atoms with van der Waals surface area (Å²) < 4.78 is 7.80. The van der Waals surface area contributed by atoms with Gasteiger partial charge >= 0.3 is 0 Å². The predicted octanol–water partition coefficient (Wildman–Crippen LogP) is 4.15. The van der Waals surface area contributed by atoms with Gasteiger partial charge in [-0.05, 0) is 45.2 Å². The van der Waals surface area contributed by atoms with Crippen molar-refractivity contribution in [2.45, 2.75) is 33.0 Å². The summed E-state index contributed by atoms with van der Waals surface area (Å²) >= 11 is 0. The van der Waals surface area contributed by atoms with Gasteiger partial charge in [0.1, 0.15) is 5.75 Å². The van der Waals surface area contributed by atoms with Crippen LogP contribution in [0, 0.1) is 0 Å². The third-order valence-electron chi connectivity index (χ3n) is 4.60. The van der Waals surface area contributed by atoms with Gasteiger partial charge in [0.25, 0.3) is 0 Å². The maximum atomic E-state index is 12.8. The van der Waals surface area contributed by atoms with E-state index < -0.39 is 0 Å². The minimum Gasteiger partial charge on any atom is -0.455 e. The van der Waals surface area contributed by atoms with E-state index in [1.165, 1.54) is 0 Å². The van der Waals surface area contributed by atoms with Crippen molar-refractivity contribution in [1.29, 1.82) is 0 Å². The minimum absolute atomic E-state index is 0.0884. The number of hydrogen-bond acceptors (Lipinski definition) is 4. The predicted molar refractivity (Wildman–Crippen MR) is 110 cm³/mol. The van der Waals surface area contributed by atoms with Crippen LogP contribution in [0.2, 0.25) is 0 Å². The molecule has 28 heavy (non-hydrogen) atoms. The Bertz CT molecular complexity index is 908. The van der Waals surface area contributed by atoms with Crippen LogP contribution in [0.4, 0.5) is 5.69 Å². The van der Waals surface area contributed by atoms with Crippen LogP contribution in [-0.2, 0) is 17.9 Å². The Kier molecular flexibility index (Phi) is 6.45. The Labute approximate surface area is 165 Å². The summed E-state index contributed by atoms with van der Waals surface area (Å²) in [5.74, 6) is 1.25. The molecule has 0 saturated heterocycles. The first-order chi connectivity index (χ1) is 13.6. The van der Waals surface area contributed by atoms with Gasteiger partial charge in [-0.25, -0.2) is 0 Å². The first-order valence-corrected chi connectivity index (χ1v) is 9.41. The number of para-hydroxylation sites is 3. The van der Waals surface area contributed by atoms with Crippen molar-refractivity contribution < 1.29 is 9.53 Å². The molecular weight excluding hydrogens is 352 g/mol. The van der Waals surface area contributed by atoms with Gasteiger partial charge in [0, 0.05) is 24.8 Å². The normalized spacial score (nSPS) is 12.0. The number of nitrogens with one attached hydrogen (secondary N) is 1. The molecule has 6 heteroatoms. The number of amides is 1. The molecule has 0 spiro atoms. The van der Waals surface area contributed by atoms with Gasteiger partial charge in [-0.1, -0.05) is 30.3 Å². The van der Waals surface area contributed by atoms with E-state index in [9.17, 15) is 4.79 Å². The molecule has 6 nitrogen and oxygen atoms in total. The highest BCUT2D eigenvalue weighted by atomic mass is 16.5. The SMILES string of the molecule is CCn1cc(CN(C)C(C)C(=O)Nc2ccccc2Oc2ccccc2)cn1. The molecule has 0 radical (unpaired) electrons. The third kappa shape index (κ3) is 4.98. The summed E-state index contributed by atoms with van der Waals surface area (Å²) in [6.45, 7) is 5.42. The molecule has 0 aliphatic rings. The summed E-state index contributed by atoms with van der Waals surface area (Å²) in [5.41, 5.74) is 1.73. The van der Waals surface area contributed by atoms with E-state index in [2.05, 4.69) is 10.4 Å². The van der Waals surface area contributed by atoms with Gasteiger partial charge in [-0.15, -0.1) is 0 Å². The van der Waals surface area contributed by atoms with Crippen molar-refractivity contribution in [3.63, 3.8) is 0 Å². The Morgan fingerprint density at radius 3 is 2.61 bits per heavy atom. The minimum atomic E-state index is -0.310. The third-order valence-corrected chi connectivity index (χ3v) is 4.60. The molecule has 0 aliphatic heterocycles. The number of rotatable bonds is 8. The van der Waals surface area contributed by atoms with Gasteiger partial charge < -0.3 is 10.1 Å². The molecule has 0 saturated carbocycles. The van der Waals surface area contributed by atoms with E-state index in [1.807, 2.05) is 97.5 Å². The highest BCUT2D eigenvalue weighted by molar-refractivity contribution is 5.95. The lowest BCUT2D eigenvalue weighted by Crippen LogP contribution is -2.39. The summed E-state index contributed by atoms with van der Waals surface area (Å²) in [7, 11) is 1.93. The zero-order chi connectivity index (χ0) is 19.9. The highest BCUT2D eigenvalue weighted by Gasteiger charge is 2.20. The molecule has 3 rings (SSSR count). The molecule has 1 heterocycles. The van der Waals surface area contributed by atoms with Crippen molar-refractivity contribution in [2.75, 3.05) is 12.4 Å². The van der Waals surface area contributed by atoms with Crippen molar-refractivity contribution in [1.82, 2.24) is 14.7 Å². The second-order valence-corrected chi connectivity index (χ2v) is 6.70.